The quantitative estimate of drug-likeness (QED) is 0.210. The molecule has 9 heteroatoms. The van der Waals surface area contributed by atoms with Gasteiger partial charge in [-0.1, -0.05) is 72.8 Å². The van der Waals surface area contributed by atoms with Crippen LogP contribution in [0.25, 0.3) is 0 Å². The summed E-state index contributed by atoms with van der Waals surface area (Å²) in [5.41, 5.74) is 2.63. The lowest BCUT2D eigenvalue weighted by molar-refractivity contribution is -0.147. The number of rotatable bonds is 11. The van der Waals surface area contributed by atoms with Crippen molar-refractivity contribution >= 4 is 35.1 Å². The summed E-state index contributed by atoms with van der Waals surface area (Å²) in [7, 11) is 0. The first kappa shape index (κ1) is 28.8. The minimum atomic E-state index is -0.875. The fourth-order valence-electron chi connectivity index (χ4n) is 4.42. The van der Waals surface area contributed by atoms with Crippen LogP contribution in [0.4, 0.5) is 0 Å². The number of piperazine rings is 1. The Morgan fingerprint density at radius 2 is 1.55 bits per heavy atom. The number of para-hydroxylation sites is 1. The smallest absolute Gasteiger partial charge is 0.308 e. The van der Waals surface area contributed by atoms with Crippen LogP contribution in [0.5, 0.6) is 5.75 Å². The molecule has 0 spiro atoms. The lowest BCUT2D eigenvalue weighted by atomic mass is 10.1. The summed E-state index contributed by atoms with van der Waals surface area (Å²) in [5, 5.41) is 5.55. The number of thiocarbonyl (C=S) groups is 1. The molecule has 0 bridgehead atoms. The topological polar surface area (TPSA) is 97.0 Å². The van der Waals surface area contributed by atoms with Crippen LogP contribution in [0, 0.1) is 0 Å². The molecule has 0 aliphatic carbocycles. The molecule has 1 atom stereocenters. The number of hydrogen-bond donors (Lipinski definition) is 2. The molecule has 8 nitrogen and oxygen atoms in total. The largest absolute Gasteiger partial charge is 0.492 e. The van der Waals surface area contributed by atoms with Crippen LogP contribution in [0.3, 0.4) is 0 Å². The van der Waals surface area contributed by atoms with Crippen LogP contribution in [0.2, 0.25) is 0 Å². The van der Waals surface area contributed by atoms with Gasteiger partial charge in [-0.15, -0.1) is 0 Å². The van der Waals surface area contributed by atoms with Gasteiger partial charge in [-0.05, 0) is 48.3 Å². The fourth-order valence-corrected chi connectivity index (χ4v) is 4.74. The van der Waals surface area contributed by atoms with Gasteiger partial charge < -0.3 is 19.7 Å². The molecule has 0 aromatic heterocycles. The Labute approximate surface area is 239 Å². The van der Waals surface area contributed by atoms with E-state index in [9.17, 15) is 14.4 Å². The van der Waals surface area contributed by atoms with Crippen LogP contribution >= 0.6 is 12.2 Å². The minimum Gasteiger partial charge on any atom is -0.492 e. The number of amides is 2. The molecule has 1 fully saturated rings. The molecule has 1 heterocycles. The molecular weight excluding hydrogens is 526 g/mol. The van der Waals surface area contributed by atoms with Gasteiger partial charge in [0.15, 0.2) is 5.11 Å². The van der Waals surface area contributed by atoms with Crippen LogP contribution in [0.15, 0.2) is 84.9 Å². The van der Waals surface area contributed by atoms with Gasteiger partial charge in [0.05, 0.1) is 25.2 Å². The second kappa shape index (κ2) is 14.8. The highest BCUT2D eigenvalue weighted by Crippen LogP contribution is 2.19. The van der Waals surface area contributed by atoms with Crippen molar-refractivity contribution in [2.45, 2.75) is 31.7 Å². The van der Waals surface area contributed by atoms with Crippen LogP contribution in [0.1, 0.15) is 34.3 Å². The third-order valence-corrected chi connectivity index (χ3v) is 6.85. The minimum absolute atomic E-state index is 0.0702. The first-order valence-electron chi connectivity index (χ1n) is 13.4. The highest BCUT2D eigenvalue weighted by atomic mass is 32.1. The van der Waals surface area contributed by atoms with Gasteiger partial charge in [0.2, 0.25) is 5.91 Å². The zero-order valence-electron chi connectivity index (χ0n) is 22.2. The molecule has 1 unspecified atom stereocenters. The third kappa shape index (κ3) is 8.38. The van der Waals surface area contributed by atoms with Crippen LogP contribution < -0.4 is 15.4 Å². The van der Waals surface area contributed by atoms with Crippen LogP contribution in [-0.2, 0) is 27.2 Å². The Hall–Kier alpha value is -4.24. The Morgan fingerprint density at radius 3 is 2.27 bits per heavy atom. The summed E-state index contributed by atoms with van der Waals surface area (Å²) in [5.74, 6) is -0.848. The first-order valence-corrected chi connectivity index (χ1v) is 13.8. The van der Waals surface area contributed by atoms with Crippen molar-refractivity contribution in [3.8, 4) is 5.75 Å². The molecule has 1 aliphatic rings. The molecule has 2 N–H and O–H groups in total. The summed E-state index contributed by atoms with van der Waals surface area (Å²) in [6.45, 7) is 1.35. The van der Waals surface area contributed by atoms with Crippen molar-refractivity contribution in [3.05, 3.63) is 102 Å². The number of aryl methyl sites for hydroxylation is 1. The van der Waals surface area contributed by atoms with Gasteiger partial charge in [0.1, 0.15) is 11.8 Å². The molecular formula is C31H33N3O5S. The number of benzene rings is 3. The summed E-state index contributed by atoms with van der Waals surface area (Å²) < 4.78 is 11.3. The summed E-state index contributed by atoms with van der Waals surface area (Å²) in [4.78, 5) is 39.9. The average Bonchev–Trinajstić information content (AvgIpc) is 2.97. The number of carbonyl (C=O) groups excluding carboxylic acids is 3. The third-order valence-electron chi connectivity index (χ3n) is 6.51. The molecule has 2 amide bonds. The molecule has 3 aromatic carbocycles. The van der Waals surface area contributed by atoms with Crippen molar-refractivity contribution in [3.63, 3.8) is 0 Å². The molecule has 0 saturated carbocycles. The Balaban J connectivity index is 1.30. The van der Waals surface area contributed by atoms with E-state index in [1.54, 1.807) is 29.2 Å². The highest BCUT2D eigenvalue weighted by Gasteiger charge is 2.34. The molecule has 1 aliphatic heterocycles. The van der Waals surface area contributed by atoms with E-state index in [0.29, 0.717) is 43.9 Å². The molecule has 40 heavy (non-hydrogen) atoms. The molecule has 1 saturated heterocycles. The lowest BCUT2D eigenvalue weighted by Crippen LogP contribution is -2.60. The van der Waals surface area contributed by atoms with Gasteiger partial charge in [0, 0.05) is 19.5 Å². The maximum atomic E-state index is 13.2. The van der Waals surface area contributed by atoms with E-state index >= 15 is 0 Å². The second-order valence-electron chi connectivity index (χ2n) is 9.35. The van der Waals surface area contributed by atoms with E-state index in [-0.39, 0.29) is 24.0 Å². The molecule has 208 valence electrons. The van der Waals surface area contributed by atoms with Crippen molar-refractivity contribution in [2.75, 3.05) is 26.3 Å². The van der Waals surface area contributed by atoms with E-state index in [1.165, 1.54) is 5.56 Å². The number of nitrogens with zero attached hydrogens (tertiary/aromatic N) is 1. The number of nitrogens with one attached hydrogen (secondary N) is 2. The van der Waals surface area contributed by atoms with Gasteiger partial charge in [0.25, 0.3) is 5.91 Å². The highest BCUT2D eigenvalue weighted by molar-refractivity contribution is 7.80. The zero-order valence-corrected chi connectivity index (χ0v) is 23.0. The average molecular weight is 560 g/mol. The number of carbonyl (C=O) groups is 3. The first-order chi connectivity index (χ1) is 19.5. The lowest BCUT2D eigenvalue weighted by Gasteiger charge is -2.36. The monoisotopic (exact) mass is 559 g/mol. The number of esters is 1. The summed E-state index contributed by atoms with van der Waals surface area (Å²) >= 11 is 5.51. The standard InChI is InChI=1S/C31H33N3O5S/c35-28(39-20-9-14-23-10-3-1-4-11-23)22-26-30(37)32-18-19-34(26)31(40)33-29(36)25-15-7-8-16-27(25)38-21-17-24-12-5-2-6-13-24/h1-8,10-13,15-16,26H,9,14,17-22H2,(H,32,37)(H,33,36,40). The van der Waals surface area contributed by atoms with E-state index in [1.807, 2.05) is 60.7 Å². The maximum Gasteiger partial charge on any atom is 0.308 e. The van der Waals surface area contributed by atoms with Gasteiger partial charge >= 0.3 is 5.97 Å². The van der Waals surface area contributed by atoms with E-state index in [2.05, 4.69) is 10.6 Å². The van der Waals surface area contributed by atoms with Crippen LogP contribution in [-0.4, -0.2) is 60.1 Å². The van der Waals surface area contributed by atoms with Crippen molar-refractivity contribution in [2.24, 2.45) is 0 Å². The van der Waals surface area contributed by atoms with E-state index in [0.717, 1.165) is 12.0 Å². The predicted octanol–water partition coefficient (Wildman–Crippen LogP) is 3.69. The Morgan fingerprint density at radius 1 is 0.900 bits per heavy atom. The number of ether oxygens (including phenoxy) is 2. The molecule has 3 aromatic rings. The zero-order chi connectivity index (χ0) is 28.2. The molecule has 4 rings (SSSR count). The summed E-state index contributed by atoms with van der Waals surface area (Å²) in [6.07, 6.45) is 1.99. The van der Waals surface area contributed by atoms with Crippen molar-refractivity contribution in [1.29, 1.82) is 0 Å². The van der Waals surface area contributed by atoms with Gasteiger partial charge in [-0.2, -0.15) is 0 Å². The fraction of sp³-hybridized carbons (Fsp3) is 0.290. The Kier molecular flexibility index (Phi) is 10.6. The SMILES string of the molecule is O=C(CC1C(=O)NCCN1C(=S)NC(=O)c1ccccc1OCCc1ccccc1)OCCCc1ccccc1. The van der Waals surface area contributed by atoms with Crippen molar-refractivity contribution < 1.29 is 23.9 Å². The Bertz CT molecular complexity index is 1300. The van der Waals surface area contributed by atoms with E-state index in [4.69, 9.17) is 21.7 Å². The van der Waals surface area contributed by atoms with Crippen molar-refractivity contribution in [1.82, 2.24) is 15.5 Å². The maximum absolute atomic E-state index is 13.2. The van der Waals surface area contributed by atoms with Gasteiger partial charge in [-0.25, -0.2) is 0 Å². The van der Waals surface area contributed by atoms with Gasteiger partial charge in [-0.3, -0.25) is 19.7 Å². The molecule has 0 radical (unpaired) electrons. The summed E-state index contributed by atoms with van der Waals surface area (Å²) in [6, 6.07) is 25.9. The van der Waals surface area contributed by atoms with E-state index < -0.39 is 17.9 Å². The second-order valence-corrected chi connectivity index (χ2v) is 9.74. The predicted molar refractivity (Wildman–Crippen MR) is 156 cm³/mol. The number of hydrogen-bond acceptors (Lipinski definition) is 6. The normalized spacial score (nSPS) is 14.7.